The Morgan fingerprint density at radius 1 is 1.00 bits per heavy atom. The second-order valence-corrected chi connectivity index (χ2v) is 9.74. The molecule has 140 valence electrons. The molecule has 0 aliphatic rings. The van der Waals surface area contributed by atoms with Gasteiger partial charge in [0.2, 0.25) is 0 Å². The van der Waals surface area contributed by atoms with E-state index in [4.69, 9.17) is 4.43 Å². The number of carbonyl (C=O) groups excluding carboxylic acids is 1. The maximum absolute atomic E-state index is 13.1. The normalized spacial score (nSPS) is 14.7. The van der Waals surface area contributed by atoms with Gasteiger partial charge in [0.1, 0.15) is 10.5 Å². The lowest BCUT2D eigenvalue weighted by Gasteiger charge is -2.53. The van der Waals surface area contributed by atoms with E-state index in [2.05, 4.69) is 62.5 Å². The summed E-state index contributed by atoms with van der Waals surface area (Å²) >= 11 is 2.22. The van der Waals surface area contributed by atoms with Gasteiger partial charge in [0, 0.05) is 20.1 Å². The summed E-state index contributed by atoms with van der Waals surface area (Å²) in [6.07, 6.45) is 0. The fraction of sp³-hybridized carbons (Fsp3) is 0.381. The largest absolute Gasteiger partial charge is 0.402 e. The second kappa shape index (κ2) is 7.82. The van der Waals surface area contributed by atoms with Crippen LogP contribution in [0.4, 0.5) is 0 Å². The third-order valence-electron chi connectivity index (χ3n) is 5.62. The Labute approximate surface area is 173 Å². The summed E-state index contributed by atoms with van der Waals surface area (Å²) in [5, 5.41) is 3.26. The Morgan fingerprint density at radius 3 is 2.12 bits per heavy atom. The van der Waals surface area contributed by atoms with Gasteiger partial charge in [0.15, 0.2) is 5.72 Å². The third kappa shape index (κ3) is 3.89. The first-order valence-corrected chi connectivity index (χ1v) is 10.6. The molecule has 0 fully saturated rings. The van der Waals surface area contributed by atoms with Gasteiger partial charge in [-0.25, -0.2) is 0 Å². The number of carbonyl (C=O) groups is 1. The Kier molecular flexibility index (Phi) is 6.35. The van der Waals surface area contributed by atoms with Crippen molar-refractivity contribution in [1.29, 1.82) is 0 Å². The zero-order valence-electron chi connectivity index (χ0n) is 16.4. The highest BCUT2D eigenvalue weighted by Crippen LogP contribution is 2.51. The molecule has 2 rings (SSSR count). The molecule has 2 aromatic rings. The first-order valence-electron chi connectivity index (χ1n) is 8.74. The highest BCUT2D eigenvalue weighted by atomic mass is 127. The summed E-state index contributed by atoms with van der Waals surface area (Å²) in [4.78, 5) is 13.1. The number of rotatable bonds is 5. The topological polar surface area (TPSA) is 38.3 Å². The van der Waals surface area contributed by atoms with Gasteiger partial charge < -0.3 is 9.74 Å². The van der Waals surface area contributed by atoms with Gasteiger partial charge in [-0.2, -0.15) is 0 Å². The SMILES string of the molecule is CC(C)(C)C(C)(C)[C@](NC(=O)c1cccc(I)c1)(O[SiH3])c1ccccc1. The summed E-state index contributed by atoms with van der Waals surface area (Å²) in [6, 6.07) is 17.6. The molecule has 3 nitrogen and oxygen atoms in total. The summed E-state index contributed by atoms with van der Waals surface area (Å²) < 4.78 is 7.27. The number of hydrogen-bond acceptors (Lipinski definition) is 2. The van der Waals surface area contributed by atoms with E-state index in [1.807, 2.05) is 54.6 Å². The summed E-state index contributed by atoms with van der Waals surface area (Å²) in [5.41, 5.74) is 0.234. The lowest BCUT2D eigenvalue weighted by Crippen LogP contribution is -2.61. The van der Waals surface area contributed by atoms with Crippen molar-refractivity contribution < 1.29 is 9.22 Å². The molecule has 0 saturated heterocycles. The number of halogens is 1. The van der Waals surface area contributed by atoms with E-state index < -0.39 is 5.72 Å². The van der Waals surface area contributed by atoms with Crippen LogP contribution in [0.3, 0.4) is 0 Å². The van der Waals surface area contributed by atoms with Crippen LogP contribution in [0, 0.1) is 14.4 Å². The van der Waals surface area contributed by atoms with Crippen molar-refractivity contribution in [2.75, 3.05) is 0 Å². The molecular weight excluding hydrogens is 453 g/mol. The van der Waals surface area contributed by atoms with Gasteiger partial charge in [-0.15, -0.1) is 0 Å². The molecule has 1 N–H and O–H groups in total. The van der Waals surface area contributed by atoms with Gasteiger partial charge in [0.05, 0.1) is 0 Å². The van der Waals surface area contributed by atoms with Gasteiger partial charge in [0.25, 0.3) is 5.91 Å². The first kappa shape index (κ1) is 21.1. The number of benzene rings is 2. The number of hydrogen-bond donors (Lipinski definition) is 1. The van der Waals surface area contributed by atoms with Crippen molar-refractivity contribution in [2.24, 2.45) is 10.8 Å². The van der Waals surface area contributed by atoms with E-state index in [1.54, 1.807) is 0 Å². The predicted molar refractivity (Wildman–Crippen MR) is 119 cm³/mol. The molecular formula is C21H28INO2Si. The average Bonchev–Trinajstić information content (AvgIpc) is 2.59. The second-order valence-electron chi connectivity index (χ2n) is 8.09. The van der Waals surface area contributed by atoms with Gasteiger partial charge in [-0.3, -0.25) is 4.79 Å². The average molecular weight is 481 g/mol. The maximum Gasteiger partial charge on any atom is 0.253 e. The van der Waals surface area contributed by atoms with Crippen molar-refractivity contribution in [1.82, 2.24) is 5.32 Å². The van der Waals surface area contributed by atoms with E-state index in [1.165, 1.54) is 0 Å². The molecule has 0 unspecified atom stereocenters. The standard InChI is InChI=1S/C21H28INO2Si/c1-19(2,3)20(4,5)21(25-26,16-11-7-6-8-12-16)23-18(24)15-10-9-13-17(22)14-15/h6-14H,1-5,26H3,(H,23,24)/t21-/m1/s1. The molecule has 1 atom stereocenters. The van der Waals surface area contributed by atoms with Crippen LogP contribution in [-0.2, 0) is 10.2 Å². The molecule has 0 aliphatic carbocycles. The zero-order chi connectivity index (χ0) is 19.6. The van der Waals surface area contributed by atoms with E-state index in [-0.39, 0.29) is 16.7 Å². The summed E-state index contributed by atoms with van der Waals surface area (Å²) in [5.74, 6) is -0.124. The van der Waals surface area contributed by atoms with Crippen LogP contribution in [0.25, 0.3) is 0 Å². The molecule has 0 saturated carbocycles. The van der Waals surface area contributed by atoms with Crippen molar-refractivity contribution in [3.63, 3.8) is 0 Å². The zero-order valence-corrected chi connectivity index (χ0v) is 20.5. The molecule has 0 heterocycles. The Balaban J connectivity index is 2.59. The quantitative estimate of drug-likeness (QED) is 0.394. The highest BCUT2D eigenvalue weighted by molar-refractivity contribution is 14.1. The molecule has 0 aromatic heterocycles. The minimum Gasteiger partial charge on any atom is -0.402 e. The van der Waals surface area contributed by atoms with Crippen LogP contribution >= 0.6 is 22.6 Å². The van der Waals surface area contributed by atoms with Crippen molar-refractivity contribution >= 4 is 39.0 Å². The van der Waals surface area contributed by atoms with Gasteiger partial charge in [-0.1, -0.05) is 71.0 Å². The molecule has 0 aliphatic heterocycles. The van der Waals surface area contributed by atoms with E-state index >= 15 is 0 Å². The molecule has 2 aromatic carbocycles. The molecule has 0 bridgehead atoms. The minimum absolute atomic E-state index is 0.106. The monoisotopic (exact) mass is 481 g/mol. The number of amides is 1. The van der Waals surface area contributed by atoms with Crippen LogP contribution in [0.5, 0.6) is 0 Å². The highest BCUT2D eigenvalue weighted by Gasteiger charge is 2.53. The summed E-state index contributed by atoms with van der Waals surface area (Å²) in [6.45, 7) is 10.9. The van der Waals surface area contributed by atoms with Crippen LogP contribution in [-0.4, -0.2) is 16.4 Å². The van der Waals surface area contributed by atoms with E-state index in [0.717, 1.165) is 9.13 Å². The van der Waals surface area contributed by atoms with Crippen molar-refractivity contribution in [3.05, 3.63) is 69.3 Å². The van der Waals surface area contributed by atoms with E-state index in [0.29, 0.717) is 16.0 Å². The first-order chi connectivity index (χ1) is 12.0. The van der Waals surface area contributed by atoms with Crippen LogP contribution in [0.1, 0.15) is 50.5 Å². The lowest BCUT2D eigenvalue weighted by atomic mass is 9.61. The maximum atomic E-state index is 13.1. The minimum atomic E-state index is -0.906. The Bertz CT molecular complexity index is 771. The van der Waals surface area contributed by atoms with Crippen molar-refractivity contribution in [2.45, 2.75) is 40.3 Å². The smallest absolute Gasteiger partial charge is 0.253 e. The lowest BCUT2D eigenvalue weighted by molar-refractivity contribution is -0.120. The predicted octanol–water partition coefficient (Wildman–Crippen LogP) is 4.24. The Hall–Kier alpha value is -1.18. The fourth-order valence-corrected chi connectivity index (χ4v) is 4.47. The fourth-order valence-electron chi connectivity index (χ4n) is 3.08. The van der Waals surface area contributed by atoms with Gasteiger partial charge in [-0.05, 0) is 46.2 Å². The third-order valence-corrected chi connectivity index (χ3v) is 6.90. The molecule has 0 spiro atoms. The Morgan fingerprint density at radius 2 is 1.62 bits per heavy atom. The van der Waals surface area contributed by atoms with Crippen LogP contribution < -0.4 is 5.32 Å². The summed E-state index contributed by atoms with van der Waals surface area (Å²) in [7, 11) is 0.495. The molecule has 0 radical (unpaired) electrons. The molecule has 5 heteroatoms. The van der Waals surface area contributed by atoms with E-state index in [9.17, 15) is 4.79 Å². The molecule has 26 heavy (non-hydrogen) atoms. The number of nitrogens with one attached hydrogen (secondary N) is 1. The molecule has 1 amide bonds. The van der Waals surface area contributed by atoms with Crippen LogP contribution in [0.2, 0.25) is 0 Å². The van der Waals surface area contributed by atoms with Gasteiger partial charge >= 0.3 is 0 Å². The van der Waals surface area contributed by atoms with Crippen LogP contribution in [0.15, 0.2) is 54.6 Å². The van der Waals surface area contributed by atoms with Crippen molar-refractivity contribution in [3.8, 4) is 0 Å².